The van der Waals surface area contributed by atoms with Crippen LogP contribution in [0.2, 0.25) is 0 Å². The fourth-order valence-corrected chi connectivity index (χ4v) is 2.09. The van der Waals surface area contributed by atoms with Crippen LogP contribution in [-0.4, -0.2) is 41.4 Å². The number of carbonyl (C=O) groups is 1. The Kier molecular flexibility index (Phi) is 5.43. The Labute approximate surface area is 129 Å². The molecule has 0 aliphatic rings. The molecule has 0 fully saturated rings. The van der Waals surface area contributed by atoms with E-state index in [1.54, 1.807) is 0 Å². The van der Waals surface area contributed by atoms with Crippen molar-refractivity contribution in [3.63, 3.8) is 0 Å². The Morgan fingerprint density at radius 1 is 1.32 bits per heavy atom. The van der Waals surface area contributed by atoms with Gasteiger partial charge >= 0.3 is 0 Å². The third kappa shape index (κ3) is 4.53. The summed E-state index contributed by atoms with van der Waals surface area (Å²) >= 11 is 0. The summed E-state index contributed by atoms with van der Waals surface area (Å²) in [5.74, 6) is -0.302. The molecule has 0 aliphatic carbocycles. The molecule has 6 nitrogen and oxygen atoms in total. The number of H-pyrrole nitrogens is 1. The van der Waals surface area contributed by atoms with Crippen molar-refractivity contribution in [1.82, 2.24) is 20.2 Å². The molecule has 116 valence electrons. The van der Waals surface area contributed by atoms with Crippen molar-refractivity contribution in [3.05, 3.63) is 64.3 Å². The second-order valence-corrected chi connectivity index (χ2v) is 5.33. The lowest BCUT2D eigenvalue weighted by Crippen LogP contribution is -2.32. The Hall–Kier alpha value is -2.47. The summed E-state index contributed by atoms with van der Waals surface area (Å²) in [4.78, 5) is 31.7. The number of nitrogens with one attached hydrogen (secondary N) is 2. The monoisotopic (exact) mass is 300 g/mol. The summed E-state index contributed by atoms with van der Waals surface area (Å²) in [6.07, 6.45) is 3.21. The lowest BCUT2D eigenvalue weighted by atomic mass is 10.0. The van der Waals surface area contributed by atoms with Crippen molar-refractivity contribution >= 4 is 5.91 Å². The van der Waals surface area contributed by atoms with Crippen LogP contribution in [0.3, 0.4) is 0 Å². The van der Waals surface area contributed by atoms with Crippen LogP contribution in [0.25, 0.3) is 0 Å². The highest BCUT2D eigenvalue weighted by Gasteiger charge is 2.16. The quantitative estimate of drug-likeness (QED) is 0.840. The van der Waals surface area contributed by atoms with Crippen molar-refractivity contribution in [1.29, 1.82) is 0 Å². The maximum Gasteiger partial charge on any atom is 0.271 e. The van der Waals surface area contributed by atoms with Gasteiger partial charge in [0.15, 0.2) is 0 Å². The van der Waals surface area contributed by atoms with Gasteiger partial charge in [-0.2, -0.15) is 0 Å². The lowest BCUT2D eigenvalue weighted by Gasteiger charge is -2.21. The summed E-state index contributed by atoms with van der Waals surface area (Å²) in [6, 6.07) is 9.70. The number of benzene rings is 1. The second-order valence-electron chi connectivity index (χ2n) is 5.33. The molecule has 1 aromatic carbocycles. The number of rotatable bonds is 6. The molecule has 1 aromatic heterocycles. The van der Waals surface area contributed by atoms with E-state index in [1.165, 1.54) is 6.20 Å². The van der Waals surface area contributed by atoms with E-state index in [0.29, 0.717) is 0 Å². The molecule has 0 spiro atoms. The average molecular weight is 300 g/mol. The number of aromatic nitrogens is 2. The number of amides is 1. The molecule has 6 heteroatoms. The summed E-state index contributed by atoms with van der Waals surface area (Å²) in [7, 11) is 3.99. The molecule has 1 unspecified atom stereocenters. The van der Waals surface area contributed by atoms with E-state index in [0.717, 1.165) is 24.7 Å². The molecule has 0 saturated heterocycles. The highest BCUT2D eigenvalue weighted by atomic mass is 16.2. The minimum atomic E-state index is -0.330. The van der Waals surface area contributed by atoms with Crippen molar-refractivity contribution in [2.75, 3.05) is 20.6 Å². The van der Waals surface area contributed by atoms with Gasteiger partial charge < -0.3 is 15.2 Å². The van der Waals surface area contributed by atoms with Gasteiger partial charge in [-0.25, -0.2) is 4.98 Å². The second kappa shape index (κ2) is 7.51. The van der Waals surface area contributed by atoms with E-state index < -0.39 is 0 Å². The SMILES string of the molecule is CN(C)CCC(NC(=O)c1c[nH]c(=O)cn1)c1ccccc1. The van der Waals surface area contributed by atoms with Crippen molar-refractivity contribution in [2.45, 2.75) is 12.5 Å². The molecule has 0 bridgehead atoms. The topological polar surface area (TPSA) is 78.1 Å². The fraction of sp³-hybridized carbons (Fsp3) is 0.312. The first kappa shape index (κ1) is 15.9. The molecular weight excluding hydrogens is 280 g/mol. The highest BCUT2D eigenvalue weighted by Crippen LogP contribution is 2.17. The summed E-state index contributed by atoms with van der Waals surface area (Å²) in [6.45, 7) is 0.846. The van der Waals surface area contributed by atoms with Crippen LogP contribution in [0.5, 0.6) is 0 Å². The van der Waals surface area contributed by atoms with E-state index in [-0.39, 0.29) is 23.2 Å². The third-order valence-corrected chi connectivity index (χ3v) is 3.28. The molecule has 22 heavy (non-hydrogen) atoms. The van der Waals surface area contributed by atoms with Gasteiger partial charge in [0.05, 0.1) is 12.2 Å². The zero-order valence-corrected chi connectivity index (χ0v) is 12.7. The van der Waals surface area contributed by atoms with Crippen LogP contribution in [0.4, 0.5) is 0 Å². The fourth-order valence-electron chi connectivity index (χ4n) is 2.09. The standard InChI is InChI=1S/C16H20N4O2/c1-20(2)9-8-13(12-6-4-3-5-7-12)19-16(22)14-10-18-15(21)11-17-14/h3-7,10-11,13H,8-9H2,1-2H3,(H,18,21)(H,19,22). The molecule has 1 heterocycles. The third-order valence-electron chi connectivity index (χ3n) is 3.28. The lowest BCUT2D eigenvalue weighted by molar-refractivity contribution is 0.0927. The number of hydrogen-bond donors (Lipinski definition) is 2. The summed E-state index contributed by atoms with van der Waals surface area (Å²) < 4.78 is 0. The van der Waals surface area contributed by atoms with E-state index in [2.05, 4.69) is 20.2 Å². The number of nitrogens with zero attached hydrogens (tertiary/aromatic N) is 2. The van der Waals surface area contributed by atoms with Gasteiger partial charge in [-0.3, -0.25) is 9.59 Å². The van der Waals surface area contributed by atoms with Crippen LogP contribution in [-0.2, 0) is 0 Å². The molecule has 1 atom stereocenters. The summed E-state index contributed by atoms with van der Waals surface area (Å²) in [5.41, 5.74) is 0.913. The predicted octanol–water partition coefficient (Wildman–Crippen LogP) is 1.19. The predicted molar refractivity (Wildman–Crippen MR) is 84.7 cm³/mol. The van der Waals surface area contributed by atoms with Crippen molar-refractivity contribution in [2.24, 2.45) is 0 Å². The zero-order valence-electron chi connectivity index (χ0n) is 12.7. The molecule has 0 radical (unpaired) electrons. The van der Waals surface area contributed by atoms with E-state index in [9.17, 15) is 9.59 Å². The molecule has 1 amide bonds. The minimum Gasteiger partial charge on any atom is -0.344 e. The van der Waals surface area contributed by atoms with Gasteiger partial charge in [0.1, 0.15) is 5.69 Å². The van der Waals surface area contributed by atoms with Crippen LogP contribution >= 0.6 is 0 Å². The van der Waals surface area contributed by atoms with E-state index >= 15 is 0 Å². The van der Waals surface area contributed by atoms with Crippen LogP contribution in [0.1, 0.15) is 28.5 Å². The normalized spacial score (nSPS) is 12.1. The molecule has 0 saturated carbocycles. The number of hydrogen-bond acceptors (Lipinski definition) is 4. The van der Waals surface area contributed by atoms with Gasteiger partial charge in [0, 0.05) is 6.20 Å². The maximum absolute atomic E-state index is 12.3. The van der Waals surface area contributed by atoms with Gasteiger partial charge in [0.25, 0.3) is 11.5 Å². The number of carbonyl (C=O) groups excluding carboxylic acids is 1. The highest BCUT2D eigenvalue weighted by molar-refractivity contribution is 5.92. The minimum absolute atomic E-state index is 0.107. The van der Waals surface area contributed by atoms with E-state index in [4.69, 9.17) is 0 Å². The summed E-state index contributed by atoms with van der Waals surface area (Å²) in [5, 5.41) is 2.97. The van der Waals surface area contributed by atoms with Crippen LogP contribution < -0.4 is 10.9 Å². The zero-order chi connectivity index (χ0) is 15.9. The number of aromatic amines is 1. The smallest absolute Gasteiger partial charge is 0.271 e. The molecule has 2 N–H and O–H groups in total. The van der Waals surface area contributed by atoms with Gasteiger partial charge in [-0.05, 0) is 32.6 Å². The first-order chi connectivity index (χ1) is 10.6. The van der Waals surface area contributed by atoms with Gasteiger partial charge in [0.2, 0.25) is 0 Å². The molecule has 2 aromatic rings. The first-order valence-corrected chi connectivity index (χ1v) is 7.11. The Morgan fingerprint density at radius 2 is 2.05 bits per heavy atom. The Bertz CT molecular complexity index is 647. The molecule has 2 rings (SSSR count). The maximum atomic E-state index is 12.3. The van der Waals surface area contributed by atoms with Crippen LogP contribution in [0.15, 0.2) is 47.5 Å². The van der Waals surface area contributed by atoms with Crippen molar-refractivity contribution in [3.8, 4) is 0 Å². The van der Waals surface area contributed by atoms with Crippen LogP contribution in [0, 0.1) is 0 Å². The van der Waals surface area contributed by atoms with Gasteiger partial charge in [-0.15, -0.1) is 0 Å². The van der Waals surface area contributed by atoms with Gasteiger partial charge in [-0.1, -0.05) is 30.3 Å². The Morgan fingerprint density at radius 3 is 2.64 bits per heavy atom. The van der Waals surface area contributed by atoms with E-state index in [1.807, 2.05) is 44.4 Å². The Balaban J connectivity index is 2.13. The largest absolute Gasteiger partial charge is 0.344 e. The molecular formula is C16H20N4O2. The van der Waals surface area contributed by atoms with Crippen molar-refractivity contribution < 1.29 is 4.79 Å². The first-order valence-electron chi connectivity index (χ1n) is 7.11. The molecule has 0 aliphatic heterocycles. The average Bonchev–Trinajstić information content (AvgIpc) is 2.52.